The van der Waals surface area contributed by atoms with Gasteiger partial charge in [-0.15, -0.1) is 0 Å². The summed E-state index contributed by atoms with van der Waals surface area (Å²) < 4.78 is 1.72. The molecule has 0 bridgehead atoms. The molecule has 2 aromatic rings. The first-order valence-corrected chi connectivity index (χ1v) is 9.29. The molecule has 2 unspecified atom stereocenters. The number of carboxylic acid groups (broad SMARTS) is 1. The second kappa shape index (κ2) is 7.82. The largest absolute Gasteiger partial charge is 0.481 e. The van der Waals surface area contributed by atoms with Crippen LogP contribution in [0.15, 0.2) is 36.4 Å². The van der Waals surface area contributed by atoms with Gasteiger partial charge in [-0.3, -0.25) is 10.1 Å². The maximum atomic E-state index is 12.8. The van der Waals surface area contributed by atoms with Crippen molar-refractivity contribution in [2.45, 2.75) is 33.1 Å². The molecule has 144 valence electrons. The van der Waals surface area contributed by atoms with Crippen molar-refractivity contribution in [3.8, 4) is 5.69 Å². The van der Waals surface area contributed by atoms with Crippen LogP contribution in [-0.2, 0) is 4.79 Å². The van der Waals surface area contributed by atoms with Crippen molar-refractivity contribution >= 4 is 17.8 Å². The normalized spacial score (nSPS) is 19.9. The number of aromatic nitrogens is 2. The van der Waals surface area contributed by atoms with Crippen molar-refractivity contribution in [3.63, 3.8) is 0 Å². The molecule has 1 aromatic heterocycles. The number of carboxylic acids is 1. The van der Waals surface area contributed by atoms with E-state index in [0.717, 1.165) is 11.4 Å². The van der Waals surface area contributed by atoms with E-state index >= 15 is 0 Å². The SMILES string of the molecule is CC1CC(C(=O)O)CN(C(=O)Nc2cc(C(C)C)nn2-c2ccccc2)C1. The standard InChI is InChI=1S/C20H26N4O3/c1-13(2)17-10-18(24(22-17)16-7-5-4-6-8-16)21-20(27)23-11-14(3)9-15(12-23)19(25)26/h4-8,10,13-15H,9,11-12H2,1-3H3,(H,21,27)(H,25,26). The Bertz CT molecular complexity index is 816. The Kier molecular flexibility index (Phi) is 5.48. The lowest BCUT2D eigenvalue weighted by molar-refractivity contribution is -0.143. The number of nitrogens with one attached hydrogen (secondary N) is 1. The van der Waals surface area contributed by atoms with Gasteiger partial charge in [-0.1, -0.05) is 39.0 Å². The van der Waals surface area contributed by atoms with E-state index in [1.165, 1.54) is 0 Å². The lowest BCUT2D eigenvalue weighted by Crippen LogP contribution is -2.47. The summed E-state index contributed by atoms with van der Waals surface area (Å²) in [4.78, 5) is 25.8. The maximum absolute atomic E-state index is 12.8. The van der Waals surface area contributed by atoms with Crippen molar-refractivity contribution in [1.82, 2.24) is 14.7 Å². The number of benzene rings is 1. The fourth-order valence-electron chi connectivity index (χ4n) is 3.42. The molecular weight excluding hydrogens is 344 g/mol. The van der Waals surface area contributed by atoms with Crippen LogP contribution in [0.4, 0.5) is 10.6 Å². The number of rotatable bonds is 4. The first-order valence-electron chi connectivity index (χ1n) is 9.29. The monoisotopic (exact) mass is 370 g/mol. The average Bonchev–Trinajstić information content (AvgIpc) is 3.06. The van der Waals surface area contributed by atoms with E-state index in [0.29, 0.717) is 18.8 Å². The Morgan fingerprint density at radius 1 is 1.22 bits per heavy atom. The minimum atomic E-state index is -0.851. The van der Waals surface area contributed by atoms with Crippen molar-refractivity contribution < 1.29 is 14.7 Å². The third-order valence-corrected chi connectivity index (χ3v) is 4.85. The van der Waals surface area contributed by atoms with Gasteiger partial charge in [0.2, 0.25) is 0 Å². The lowest BCUT2D eigenvalue weighted by Gasteiger charge is -2.34. The third-order valence-electron chi connectivity index (χ3n) is 4.85. The summed E-state index contributed by atoms with van der Waals surface area (Å²) in [7, 11) is 0. The summed E-state index contributed by atoms with van der Waals surface area (Å²) in [5.74, 6) is -0.423. The third kappa shape index (κ3) is 4.30. The number of para-hydroxylation sites is 1. The highest BCUT2D eigenvalue weighted by molar-refractivity contribution is 5.89. The molecule has 7 nitrogen and oxygen atoms in total. The quantitative estimate of drug-likeness (QED) is 0.861. The Hall–Kier alpha value is -2.83. The van der Waals surface area contributed by atoms with Crippen molar-refractivity contribution in [3.05, 3.63) is 42.1 Å². The second-order valence-corrected chi connectivity index (χ2v) is 7.57. The summed E-state index contributed by atoms with van der Waals surface area (Å²) in [6, 6.07) is 11.2. The highest BCUT2D eigenvalue weighted by Crippen LogP contribution is 2.25. The molecule has 1 fully saturated rings. The number of hydrogen-bond acceptors (Lipinski definition) is 3. The number of amides is 2. The van der Waals surface area contributed by atoms with Crippen LogP contribution in [0.5, 0.6) is 0 Å². The minimum Gasteiger partial charge on any atom is -0.481 e. The number of nitrogens with zero attached hydrogens (tertiary/aromatic N) is 3. The van der Waals surface area contributed by atoms with Crippen LogP contribution in [-0.4, -0.2) is 44.9 Å². The van der Waals surface area contributed by atoms with Crippen molar-refractivity contribution in [1.29, 1.82) is 0 Å². The molecule has 2 atom stereocenters. The molecule has 0 radical (unpaired) electrons. The summed E-state index contributed by atoms with van der Waals surface area (Å²) in [5, 5.41) is 16.9. The molecule has 0 aliphatic carbocycles. The lowest BCUT2D eigenvalue weighted by atomic mass is 9.91. The van der Waals surface area contributed by atoms with Gasteiger partial charge in [-0.05, 0) is 30.4 Å². The fraction of sp³-hybridized carbons (Fsp3) is 0.450. The summed E-state index contributed by atoms with van der Waals surface area (Å²) in [6.45, 7) is 6.84. The van der Waals surface area contributed by atoms with Gasteiger partial charge in [-0.2, -0.15) is 5.10 Å². The van der Waals surface area contributed by atoms with Crippen molar-refractivity contribution in [2.75, 3.05) is 18.4 Å². The van der Waals surface area contributed by atoms with Gasteiger partial charge in [-0.25, -0.2) is 9.48 Å². The Labute approximate surface area is 159 Å². The Morgan fingerprint density at radius 2 is 1.93 bits per heavy atom. The minimum absolute atomic E-state index is 0.149. The van der Waals surface area contributed by atoms with E-state index in [2.05, 4.69) is 10.4 Å². The van der Waals surface area contributed by atoms with Gasteiger partial charge in [0, 0.05) is 19.2 Å². The first-order chi connectivity index (χ1) is 12.8. The Morgan fingerprint density at radius 3 is 2.56 bits per heavy atom. The second-order valence-electron chi connectivity index (χ2n) is 7.57. The average molecular weight is 370 g/mol. The van der Waals surface area contributed by atoms with Gasteiger partial charge in [0.05, 0.1) is 17.3 Å². The molecule has 1 aliphatic heterocycles. The van der Waals surface area contributed by atoms with Gasteiger partial charge < -0.3 is 10.0 Å². The highest BCUT2D eigenvalue weighted by Gasteiger charge is 2.32. The Balaban J connectivity index is 1.84. The van der Waals surface area contributed by atoms with Crippen LogP contribution in [0.1, 0.15) is 38.8 Å². The molecular formula is C20H26N4O3. The topological polar surface area (TPSA) is 87.5 Å². The zero-order valence-electron chi connectivity index (χ0n) is 15.9. The smallest absolute Gasteiger partial charge is 0.323 e. The number of aliphatic carboxylic acids is 1. The summed E-state index contributed by atoms with van der Waals surface area (Å²) in [5.41, 5.74) is 1.74. The molecule has 2 amide bonds. The predicted molar refractivity (Wildman–Crippen MR) is 103 cm³/mol. The number of likely N-dealkylation sites (tertiary alicyclic amines) is 1. The van der Waals surface area contributed by atoms with Crippen LogP contribution in [0.2, 0.25) is 0 Å². The predicted octanol–water partition coefficient (Wildman–Crippen LogP) is 3.57. The first kappa shape index (κ1) is 18.9. The van der Waals surface area contributed by atoms with Crippen LogP contribution >= 0.6 is 0 Å². The van der Waals surface area contributed by atoms with E-state index in [1.807, 2.05) is 57.2 Å². The van der Waals surface area contributed by atoms with Gasteiger partial charge in [0.15, 0.2) is 0 Å². The van der Waals surface area contributed by atoms with Gasteiger partial charge in [0.1, 0.15) is 5.82 Å². The molecule has 0 spiro atoms. The molecule has 0 saturated carbocycles. The fourth-order valence-corrected chi connectivity index (χ4v) is 3.42. The zero-order chi connectivity index (χ0) is 19.6. The van der Waals surface area contributed by atoms with Crippen LogP contribution in [0, 0.1) is 11.8 Å². The molecule has 2 heterocycles. The van der Waals surface area contributed by atoms with E-state index in [4.69, 9.17) is 0 Å². The number of piperidine rings is 1. The van der Waals surface area contributed by atoms with E-state index < -0.39 is 11.9 Å². The molecule has 1 saturated heterocycles. The van der Waals surface area contributed by atoms with Gasteiger partial charge >= 0.3 is 12.0 Å². The number of urea groups is 1. The molecule has 1 aromatic carbocycles. The summed E-state index contributed by atoms with van der Waals surface area (Å²) in [6.07, 6.45) is 0.596. The van der Waals surface area contributed by atoms with E-state index in [-0.39, 0.29) is 24.4 Å². The zero-order valence-corrected chi connectivity index (χ0v) is 15.9. The number of hydrogen-bond donors (Lipinski definition) is 2. The maximum Gasteiger partial charge on any atom is 0.323 e. The molecule has 3 rings (SSSR count). The molecule has 1 aliphatic rings. The molecule has 27 heavy (non-hydrogen) atoms. The number of anilines is 1. The van der Waals surface area contributed by atoms with Crippen LogP contribution < -0.4 is 5.32 Å². The van der Waals surface area contributed by atoms with Crippen LogP contribution in [0.3, 0.4) is 0 Å². The highest BCUT2D eigenvalue weighted by atomic mass is 16.4. The van der Waals surface area contributed by atoms with E-state index in [1.54, 1.807) is 9.58 Å². The number of carbonyl (C=O) groups is 2. The van der Waals surface area contributed by atoms with Gasteiger partial charge in [0.25, 0.3) is 0 Å². The van der Waals surface area contributed by atoms with E-state index in [9.17, 15) is 14.7 Å². The van der Waals surface area contributed by atoms with Crippen LogP contribution in [0.25, 0.3) is 5.69 Å². The molecule has 2 N–H and O–H groups in total. The molecule has 7 heteroatoms. The summed E-state index contributed by atoms with van der Waals surface area (Å²) >= 11 is 0. The number of carbonyl (C=O) groups excluding carboxylic acids is 1. The van der Waals surface area contributed by atoms with Crippen molar-refractivity contribution in [2.24, 2.45) is 11.8 Å².